The van der Waals surface area contributed by atoms with Gasteiger partial charge in [0.2, 0.25) is 0 Å². The standard InChI is InChI=1S/C17H30N2/c1-14(2)17-7-11-19(12-8-17)16(4)13-18-9-5-15(3)6-10-18/h15,17H,1,4-13H2,2-3H3. The summed E-state index contributed by atoms with van der Waals surface area (Å²) < 4.78 is 0. The summed E-state index contributed by atoms with van der Waals surface area (Å²) in [6, 6.07) is 0. The quantitative estimate of drug-likeness (QED) is 0.715. The van der Waals surface area contributed by atoms with E-state index >= 15 is 0 Å². The van der Waals surface area contributed by atoms with Crippen LogP contribution in [0.4, 0.5) is 0 Å². The third-order valence-corrected chi connectivity index (χ3v) is 4.92. The van der Waals surface area contributed by atoms with Crippen LogP contribution < -0.4 is 0 Å². The van der Waals surface area contributed by atoms with Crippen LogP contribution in [0.3, 0.4) is 0 Å². The van der Waals surface area contributed by atoms with Gasteiger partial charge in [-0.15, -0.1) is 0 Å². The van der Waals surface area contributed by atoms with Gasteiger partial charge in [0, 0.05) is 25.3 Å². The SMILES string of the molecule is C=C(C)C1CCN(C(=C)CN2CCC(C)CC2)CC1. The lowest BCUT2D eigenvalue weighted by Gasteiger charge is -2.38. The van der Waals surface area contributed by atoms with Crippen LogP contribution in [0.2, 0.25) is 0 Å². The van der Waals surface area contributed by atoms with Crippen molar-refractivity contribution in [2.24, 2.45) is 11.8 Å². The van der Waals surface area contributed by atoms with Crippen molar-refractivity contribution < 1.29 is 0 Å². The maximum atomic E-state index is 4.32. The Morgan fingerprint density at radius 2 is 1.58 bits per heavy atom. The van der Waals surface area contributed by atoms with E-state index in [1.807, 2.05) is 0 Å². The van der Waals surface area contributed by atoms with E-state index in [1.54, 1.807) is 0 Å². The van der Waals surface area contributed by atoms with Crippen LogP contribution in [0.25, 0.3) is 0 Å². The van der Waals surface area contributed by atoms with Gasteiger partial charge in [-0.25, -0.2) is 0 Å². The number of hydrogen-bond donors (Lipinski definition) is 0. The second-order valence-electron chi connectivity index (χ2n) is 6.63. The molecule has 0 radical (unpaired) electrons. The third-order valence-electron chi connectivity index (χ3n) is 4.92. The van der Waals surface area contributed by atoms with Crippen molar-refractivity contribution in [2.45, 2.75) is 39.5 Å². The summed E-state index contributed by atoms with van der Waals surface area (Å²) in [7, 11) is 0. The monoisotopic (exact) mass is 262 g/mol. The van der Waals surface area contributed by atoms with Gasteiger partial charge in [0.05, 0.1) is 0 Å². The highest BCUT2D eigenvalue weighted by Gasteiger charge is 2.22. The summed E-state index contributed by atoms with van der Waals surface area (Å²) in [5, 5.41) is 0. The van der Waals surface area contributed by atoms with E-state index in [0.717, 1.165) is 18.4 Å². The van der Waals surface area contributed by atoms with Crippen molar-refractivity contribution in [2.75, 3.05) is 32.7 Å². The van der Waals surface area contributed by atoms with Gasteiger partial charge < -0.3 is 4.90 Å². The Morgan fingerprint density at radius 3 is 2.11 bits per heavy atom. The lowest BCUT2D eigenvalue weighted by molar-refractivity contribution is 0.174. The molecule has 0 aromatic carbocycles. The molecule has 0 aromatic heterocycles. The van der Waals surface area contributed by atoms with Crippen LogP contribution in [0.1, 0.15) is 39.5 Å². The molecule has 0 aliphatic carbocycles. The summed E-state index contributed by atoms with van der Waals surface area (Å²) >= 11 is 0. The van der Waals surface area contributed by atoms with Crippen molar-refractivity contribution >= 4 is 0 Å². The number of likely N-dealkylation sites (tertiary alicyclic amines) is 2. The second-order valence-corrected chi connectivity index (χ2v) is 6.63. The molecule has 2 heterocycles. The van der Waals surface area contributed by atoms with E-state index in [1.165, 1.54) is 63.1 Å². The molecule has 2 aliphatic rings. The van der Waals surface area contributed by atoms with Crippen LogP contribution in [0, 0.1) is 11.8 Å². The molecule has 2 aliphatic heterocycles. The predicted octanol–water partition coefficient (Wildman–Crippen LogP) is 3.52. The van der Waals surface area contributed by atoms with Gasteiger partial charge in [-0.3, -0.25) is 4.90 Å². The largest absolute Gasteiger partial charge is 0.374 e. The maximum absolute atomic E-state index is 4.32. The molecule has 2 saturated heterocycles. The van der Waals surface area contributed by atoms with E-state index < -0.39 is 0 Å². The molecule has 2 fully saturated rings. The normalized spacial score (nSPS) is 23.6. The van der Waals surface area contributed by atoms with E-state index in [-0.39, 0.29) is 0 Å². The number of piperidine rings is 2. The van der Waals surface area contributed by atoms with Crippen LogP contribution >= 0.6 is 0 Å². The molecule has 2 heteroatoms. The Morgan fingerprint density at radius 1 is 1.00 bits per heavy atom. The summed E-state index contributed by atoms with van der Waals surface area (Å²) in [5.74, 6) is 1.65. The summed E-state index contributed by atoms with van der Waals surface area (Å²) in [6.07, 6.45) is 5.22. The lowest BCUT2D eigenvalue weighted by Crippen LogP contribution is -2.40. The number of rotatable bonds is 4. The summed E-state index contributed by atoms with van der Waals surface area (Å²) in [6.45, 7) is 18.9. The Hall–Kier alpha value is -0.760. The first kappa shape index (κ1) is 14.6. The fourth-order valence-corrected chi connectivity index (χ4v) is 3.27. The average molecular weight is 262 g/mol. The molecule has 0 amide bonds. The highest BCUT2D eigenvalue weighted by atomic mass is 15.2. The minimum atomic E-state index is 0.736. The second kappa shape index (κ2) is 6.60. The first-order chi connectivity index (χ1) is 9.06. The molecule has 0 atom stereocenters. The molecule has 0 unspecified atom stereocenters. The van der Waals surface area contributed by atoms with E-state index in [2.05, 4.69) is 36.8 Å². The van der Waals surface area contributed by atoms with E-state index in [0.29, 0.717) is 0 Å². The third kappa shape index (κ3) is 4.10. The fourth-order valence-electron chi connectivity index (χ4n) is 3.27. The molecule has 0 spiro atoms. The minimum Gasteiger partial charge on any atom is -0.374 e. The Bertz CT molecular complexity index is 318. The fraction of sp³-hybridized carbons (Fsp3) is 0.765. The molecule has 0 saturated carbocycles. The molecule has 0 bridgehead atoms. The van der Waals surface area contributed by atoms with Crippen LogP contribution in [-0.4, -0.2) is 42.5 Å². The van der Waals surface area contributed by atoms with Crippen LogP contribution in [0.15, 0.2) is 24.4 Å². The lowest BCUT2D eigenvalue weighted by atomic mass is 9.91. The molecule has 0 aromatic rings. The van der Waals surface area contributed by atoms with E-state index in [4.69, 9.17) is 0 Å². The topological polar surface area (TPSA) is 6.48 Å². The van der Waals surface area contributed by atoms with Crippen molar-refractivity contribution in [1.82, 2.24) is 9.80 Å². The highest BCUT2D eigenvalue weighted by Crippen LogP contribution is 2.25. The Labute approximate surface area is 119 Å². The van der Waals surface area contributed by atoms with Gasteiger partial charge in [0.15, 0.2) is 0 Å². The zero-order chi connectivity index (χ0) is 13.8. The molecule has 2 rings (SSSR count). The predicted molar refractivity (Wildman–Crippen MR) is 83.1 cm³/mol. The maximum Gasteiger partial charge on any atom is 0.0377 e. The van der Waals surface area contributed by atoms with Gasteiger partial charge in [-0.2, -0.15) is 0 Å². The van der Waals surface area contributed by atoms with Gasteiger partial charge in [0.1, 0.15) is 0 Å². The summed E-state index contributed by atoms with van der Waals surface area (Å²) in [5.41, 5.74) is 2.69. The van der Waals surface area contributed by atoms with Crippen molar-refractivity contribution in [1.29, 1.82) is 0 Å². The number of hydrogen-bond acceptors (Lipinski definition) is 2. The highest BCUT2D eigenvalue weighted by molar-refractivity contribution is 5.04. The molecule has 0 N–H and O–H groups in total. The molecule has 108 valence electrons. The first-order valence-corrected chi connectivity index (χ1v) is 7.86. The molecule has 19 heavy (non-hydrogen) atoms. The van der Waals surface area contributed by atoms with Crippen LogP contribution in [-0.2, 0) is 0 Å². The Kier molecular flexibility index (Phi) is 5.09. The molecular weight excluding hydrogens is 232 g/mol. The van der Waals surface area contributed by atoms with Crippen LogP contribution in [0.5, 0.6) is 0 Å². The van der Waals surface area contributed by atoms with Crippen molar-refractivity contribution in [3.8, 4) is 0 Å². The number of nitrogens with zero attached hydrogens (tertiary/aromatic N) is 2. The zero-order valence-corrected chi connectivity index (χ0v) is 12.8. The van der Waals surface area contributed by atoms with Gasteiger partial charge >= 0.3 is 0 Å². The van der Waals surface area contributed by atoms with Crippen molar-refractivity contribution in [3.05, 3.63) is 24.4 Å². The average Bonchev–Trinajstić information content (AvgIpc) is 2.41. The number of allylic oxidation sites excluding steroid dienone is 1. The minimum absolute atomic E-state index is 0.736. The van der Waals surface area contributed by atoms with E-state index in [9.17, 15) is 0 Å². The first-order valence-electron chi connectivity index (χ1n) is 7.86. The summed E-state index contributed by atoms with van der Waals surface area (Å²) in [4.78, 5) is 5.07. The smallest absolute Gasteiger partial charge is 0.0377 e. The molecule has 2 nitrogen and oxygen atoms in total. The van der Waals surface area contributed by atoms with Gasteiger partial charge in [0.25, 0.3) is 0 Å². The van der Waals surface area contributed by atoms with Gasteiger partial charge in [-0.1, -0.05) is 25.7 Å². The molecular formula is C17H30N2. The van der Waals surface area contributed by atoms with Gasteiger partial charge in [-0.05, 0) is 57.5 Å². The Balaban J connectivity index is 1.74. The zero-order valence-electron chi connectivity index (χ0n) is 12.8. The van der Waals surface area contributed by atoms with Crippen molar-refractivity contribution in [3.63, 3.8) is 0 Å².